The Bertz CT molecular complexity index is 1480. The molecule has 0 spiro atoms. The number of halogens is 1. The van der Waals surface area contributed by atoms with Crippen LogP contribution in [0.1, 0.15) is 29.8 Å². The number of hydrogen-bond acceptors (Lipinski definition) is 6. The topological polar surface area (TPSA) is 73.7 Å². The number of nitrogens with zero attached hydrogens (tertiary/aromatic N) is 3. The van der Waals surface area contributed by atoms with E-state index in [9.17, 15) is 9.59 Å². The fourth-order valence-electron chi connectivity index (χ4n) is 4.01. The van der Waals surface area contributed by atoms with Crippen LogP contribution in [0, 0.1) is 0 Å². The molecule has 7 nitrogen and oxygen atoms in total. The number of carbonyl (C=O) groups is 1. The lowest BCUT2D eigenvalue weighted by molar-refractivity contribution is 0.0773. The van der Waals surface area contributed by atoms with Crippen molar-refractivity contribution in [1.82, 2.24) is 14.5 Å². The molecule has 0 fully saturated rings. The quantitative estimate of drug-likeness (QED) is 0.197. The first-order valence-corrected chi connectivity index (χ1v) is 13.2. The summed E-state index contributed by atoms with van der Waals surface area (Å²) in [7, 11) is 3.12. The molecule has 4 rings (SSSR count). The van der Waals surface area contributed by atoms with E-state index in [2.05, 4.69) is 0 Å². The summed E-state index contributed by atoms with van der Waals surface area (Å²) >= 11 is 7.58. The average molecular weight is 538 g/mol. The minimum absolute atomic E-state index is 0.0939. The maximum Gasteiger partial charge on any atom is 0.266 e. The lowest BCUT2D eigenvalue weighted by atomic mass is 10.1. The predicted octanol–water partition coefficient (Wildman–Crippen LogP) is 5.83. The molecule has 0 aliphatic heterocycles. The fourth-order valence-corrected chi connectivity index (χ4v) is 5.18. The molecule has 0 unspecified atom stereocenters. The van der Waals surface area contributed by atoms with Gasteiger partial charge in [0.2, 0.25) is 0 Å². The molecule has 0 radical (unpaired) electrons. The lowest BCUT2D eigenvalue weighted by Gasteiger charge is -2.19. The highest BCUT2D eigenvalue weighted by Crippen LogP contribution is 2.30. The third kappa shape index (κ3) is 5.76. The van der Waals surface area contributed by atoms with E-state index in [0.717, 1.165) is 5.56 Å². The van der Waals surface area contributed by atoms with Gasteiger partial charge in [-0.15, -0.1) is 0 Å². The van der Waals surface area contributed by atoms with E-state index in [1.807, 2.05) is 38.1 Å². The minimum atomic E-state index is -0.254. The smallest absolute Gasteiger partial charge is 0.266 e. The van der Waals surface area contributed by atoms with Gasteiger partial charge in [0, 0.05) is 47.6 Å². The molecule has 0 atom stereocenters. The van der Waals surface area contributed by atoms with Gasteiger partial charge in [0.05, 0.1) is 30.8 Å². The SMILES string of the molecule is CCN(CC)C(=O)c1ccc2c(=O)n(-c3cc(OC)cc(OC)c3)c(SCc3cccc(Cl)c3)nc2c1. The Labute approximate surface area is 225 Å². The standard InChI is InChI=1S/C28H28ClN3O4S/c1-5-31(6-2)26(33)19-10-11-24-25(13-19)30-28(37-17-18-8-7-9-20(29)12-18)32(27(24)34)21-14-22(35-3)16-23(15-21)36-4/h7-16H,5-6,17H2,1-4H3. The van der Waals surface area contributed by atoms with Crippen molar-refractivity contribution in [1.29, 1.82) is 0 Å². The Morgan fingerprint density at radius 1 is 1.00 bits per heavy atom. The molecule has 192 valence electrons. The number of benzene rings is 3. The van der Waals surface area contributed by atoms with E-state index >= 15 is 0 Å². The van der Waals surface area contributed by atoms with Crippen LogP contribution in [0.15, 0.2) is 70.6 Å². The highest BCUT2D eigenvalue weighted by Gasteiger charge is 2.18. The molecule has 3 aromatic carbocycles. The second kappa shape index (κ2) is 11.7. The third-order valence-corrected chi connectivity index (χ3v) is 7.23. The van der Waals surface area contributed by atoms with E-state index in [4.69, 9.17) is 26.1 Å². The van der Waals surface area contributed by atoms with Gasteiger partial charge in [-0.1, -0.05) is 35.5 Å². The first kappa shape index (κ1) is 26.6. The molecule has 4 aromatic rings. The van der Waals surface area contributed by atoms with Crippen molar-refractivity contribution in [3.63, 3.8) is 0 Å². The summed E-state index contributed by atoms with van der Waals surface area (Å²) in [5.74, 6) is 1.54. The van der Waals surface area contributed by atoms with Crippen molar-refractivity contribution in [2.75, 3.05) is 27.3 Å². The number of rotatable bonds is 9. The van der Waals surface area contributed by atoms with E-state index < -0.39 is 0 Å². The number of carbonyl (C=O) groups excluding carboxylic acids is 1. The van der Waals surface area contributed by atoms with E-state index in [1.54, 1.807) is 60.1 Å². The van der Waals surface area contributed by atoms with Gasteiger partial charge in [0.15, 0.2) is 5.16 Å². The van der Waals surface area contributed by atoms with Crippen LogP contribution in [0.3, 0.4) is 0 Å². The Hall–Kier alpha value is -3.49. The van der Waals surface area contributed by atoms with Gasteiger partial charge in [-0.05, 0) is 49.7 Å². The maximum absolute atomic E-state index is 13.9. The number of methoxy groups -OCH3 is 2. The first-order valence-electron chi connectivity index (χ1n) is 11.8. The Kier molecular flexibility index (Phi) is 8.41. The zero-order chi connectivity index (χ0) is 26.5. The highest BCUT2D eigenvalue weighted by molar-refractivity contribution is 7.98. The number of ether oxygens (including phenoxy) is 2. The van der Waals surface area contributed by atoms with Gasteiger partial charge in [0.1, 0.15) is 11.5 Å². The van der Waals surface area contributed by atoms with Crippen LogP contribution in [0.4, 0.5) is 0 Å². The van der Waals surface area contributed by atoms with Crippen LogP contribution in [0.25, 0.3) is 16.6 Å². The van der Waals surface area contributed by atoms with Crippen molar-refractivity contribution >= 4 is 40.2 Å². The molecule has 9 heteroatoms. The van der Waals surface area contributed by atoms with Crippen LogP contribution in [0.2, 0.25) is 5.02 Å². The Morgan fingerprint density at radius 3 is 2.32 bits per heavy atom. The molecule has 1 heterocycles. The summed E-state index contributed by atoms with van der Waals surface area (Å²) in [6.07, 6.45) is 0. The zero-order valence-electron chi connectivity index (χ0n) is 21.2. The highest BCUT2D eigenvalue weighted by atomic mass is 35.5. The zero-order valence-corrected chi connectivity index (χ0v) is 22.7. The second-order valence-corrected chi connectivity index (χ2v) is 9.61. The fraction of sp³-hybridized carbons (Fsp3) is 0.250. The summed E-state index contributed by atoms with van der Waals surface area (Å²) in [6.45, 7) is 5.07. The Morgan fingerprint density at radius 2 is 1.70 bits per heavy atom. The minimum Gasteiger partial charge on any atom is -0.497 e. The second-order valence-electron chi connectivity index (χ2n) is 8.23. The molecule has 0 saturated heterocycles. The van der Waals surface area contributed by atoms with Crippen molar-refractivity contribution < 1.29 is 14.3 Å². The summed E-state index contributed by atoms with van der Waals surface area (Å²) in [5, 5.41) is 1.52. The average Bonchev–Trinajstić information content (AvgIpc) is 2.91. The first-order chi connectivity index (χ1) is 17.9. The van der Waals surface area contributed by atoms with E-state index in [-0.39, 0.29) is 11.5 Å². The number of amides is 1. The summed E-state index contributed by atoms with van der Waals surface area (Å²) < 4.78 is 12.4. The van der Waals surface area contributed by atoms with Gasteiger partial charge >= 0.3 is 0 Å². The molecule has 37 heavy (non-hydrogen) atoms. The summed E-state index contributed by atoms with van der Waals surface area (Å²) in [4.78, 5) is 33.4. The molecule has 1 amide bonds. The summed E-state index contributed by atoms with van der Waals surface area (Å²) in [6, 6.07) is 17.9. The molecule has 0 N–H and O–H groups in total. The maximum atomic E-state index is 13.9. The largest absolute Gasteiger partial charge is 0.497 e. The van der Waals surface area contributed by atoms with E-state index in [0.29, 0.717) is 62.7 Å². The van der Waals surface area contributed by atoms with Crippen molar-refractivity contribution in [3.05, 3.63) is 87.2 Å². The van der Waals surface area contributed by atoms with Gasteiger partial charge in [-0.25, -0.2) is 4.98 Å². The van der Waals surface area contributed by atoms with Crippen molar-refractivity contribution in [2.24, 2.45) is 0 Å². The predicted molar refractivity (Wildman–Crippen MR) is 149 cm³/mol. The van der Waals surface area contributed by atoms with Crippen molar-refractivity contribution in [3.8, 4) is 17.2 Å². The number of thioether (sulfide) groups is 1. The van der Waals surface area contributed by atoms with Gasteiger partial charge in [-0.2, -0.15) is 0 Å². The van der Waals surface area contributed by atoms with Gasteiger partial charge in [-0.3, -0.25) is 14.2 Å². The van der Waals surface area contributed by atoms with Crippen LogP contribution in [0.5, 0.6) is 11.5 Å². The number of fused-ring (bicyclic) bond motifs is 1. The van der Waals surface area contributed by atoms with Crippen LogP contribution in [-0.2, 0) is 5.75 Å². The number of hydrogen-bond donors (Lipinski definition) is 0. The van der Waals surface area contributed by atoms with Crippen LogP contribution in [-0.4, -0.2) is 47.7 Å². The van der Waals surface area contributed by atoms with Crippen molar-refractivity contribution in [2.45, 2.75) is 24.8 Å². The molecule has 0 aliphatic carbocycles. The monoisotopic (exact) mass is 537 g/mol. The third-order valence-electron chi connectivity index (χ3n) is 5.99. The molecule has 0 saturated carbocycles. The molecule has 0 aliphatic rings. The normalized spacial score (nSPS) is 10.9. The molecular formula is C28H28ClN3O4S. The molecular weight excluding hydrogens is 510 g/mol. The van der Waals surface area contributed by atoms with E-state index in [1.165, 1.54) is 11.8 Å². The van der Waals surface area contributed by atoms with Gasteiger partial charge in [0.25, 0.3) is 11.5 Å². The molecule has 0 bridgehead atoms. The van der Waals surface area contributed by atoms with Gasteiger partial charge < -0.3 is 14.4 Å². The summed E-state index contributed by atoms with van der Waals surface area (Å²) in [5.41, 5.74) is 2.26. The molecule has 1 aromatic heterocycles. The number of aromatic nitrogens is 2. The Balaban J connectivity index is 1.89. The van der Waals surface area contributed by atoms with Crippen LogP contribution >= 0.6 is 23.4 Å². The van der Waals surface area contributed by atoms with Crippen LogP contribution < -0.4 is 15.0 Å². The lowest BCUT2D eigenvalue weighted by Crippen LogP contribution is -2.30.